The van der Waals surface area contributed by atoms with Crippen molar-refractivity contribution in [1.82, 2.24) is 0 Å². The molecule has 25 heavy (non-hydrogen) atoms. The third-order valence-electron chi connectivity index (χ3n) is 5.37. The van der Waals surface area contributed by atoms with Gasteiger partial charge in [0.1, 0.15) is 5.75 Å². The number of ether oxygens (including phenoxy) is 1. The van der Waals surface area contributed by atoms with Crippen LogP contribution in [0.2, 0.25) is 0 Å². The lowest BCUT2D eigenvalue weighted by molar-refractivity contribution is -0.139. The van der Waals surface area contributed by atoms with Gasteiger partial charge in [-0.25, -0.2) is 4.79 Å². The van der Waals surface area contributed by atoms with Crippen LogP contribution < -0.4 is 0 Å². The molecule has 0 radical (unpaired) electrons. The van der Waals surface area contributed by atoms with Gasteiger partial charge in [-0.1, -0.05) is 18.7 Å². The van der Waals surface area contributed by atoms with Crippen LogP contribution in [-0.2, 0) is 9.53 Å². The number of aliphatic hydroxyl groups excluding tert-OH is 1. The Morgan fingerprint density at radius 2 is 1.84 bits per heavy atom. The average molecular weight is 346 g/mol. The minimum atomic E-state index is -0.334. The Balaban J connectivity index is 1.83. The predicted molar refractivity (Wildman–Crippen MR) is 98.4 cm³/mol. The largest absolute Gasteiger partial charge is 0.508 e. The first-order chi connectivity index (χ1) is 12.0. The molecule has 4 heteroatoms. The molecule has 1 aliphatic rings. The average Bonchev–Trinajstić information content (AvgIpc) is 2.61. The van der Waals surface area contributed by atoms with Crippen LogP contribution in [-0.4, -0.2) is 29.4 Å². The lowest BCUT2D eigenvalue weighted by Gasteiger charge is -2.34. The minimum Gasteiger partial charge on any atom is -0.508 e. The number of carbonyl (C=O) groups excluding carboxylic acids is 1. The summed E-state index contributed by atoms with van der Waals surface area (Å²) >= 11 is 0. The van der Waals surface area contributed by atoms with E-state index in [1.54, 1.807) is 19.1 Å². The van der Waals surface area contributed by atoms with Crippen molar-refractivity contribution in [1.29, 1.82) is 0 Å². The normalized spacial score (nSPS) is 21.5. The van der Waals surface area contributed by atoms with Gasteiger partial charge in [-0.15, -0.1) is 0 Å². The number of carbonyl (C=O) groups is 1. The highest BCUT2D eigenvalue weighted by Gasteiger charge is 2.28. The van der Waals surface area contributed by atoms with Crippen LogP contribution in [0.5, 0.6) is 5.75 Å². The number of phenols is 1. The van der Waals surface area contributed by atoms with Crippen LogP contribution >= 0.6 is 0 Å². The third kappa shape index (κ3) is 5.89. The van der Waals surface area contributed by atoms with Gasteiger partial charge in [0.05, 0.1) is 6.61 Å². The van der Waals surface area contributed by atoms with Crippen LogP contribution in [0.3, 0.4) is 0 Å². The van der Waals surface area contributed by atoms with Gasteiger partial charge in [-0.05, 0) is 80.9 Å². The molecule has 0 bridgehead atoms. The highest BCUT2D eigenvalue weighted by Crippen LogP contribution is 2.40. The fraction of sp³-hybridized carbons (Fsp3) is 0.571. The van der Waals surface area contributed by atoms with Crippen molar-refractivity contribution < 1.29 is 19.7 Å². The number of hydrogen-bond donors (Lipinski definition) is 2. The highest BCUT2D eigenvalue weighted by atomic mass is 16.5. The molecule has 1 aromatic carbocycles. The standard InChI is InChI=1S/C21H30O4/c1-15(2)21(24)25-14-12-19(11-13-22)17-5-3-16(4-6-17)18-7-9-20(23)10-8-18/h7-10,16-17,19,22-23H,1,3-6,11-14H2,2H3. The lowest BCUT2D eigenvalue weighted by Crippen LogP contribution is -2.24. The lowest BCUT2D eigenvalue weighted by atomic mass is 9.72. The van der Waals surface area contributed by atoms with E-state index in [4.69, 9.17) is 4.74 Å². The van der Waals surface area contributed by atoms with E-state index >= 15 is 0 Å². The molecule has 4 nitrogen and oxygen atoms in total. The van der Waals surface area contributed by atoms with E-state index < -0.39 is 0 Å². The van der Waals surface area contributed by atoms with E-state index in [0.717, 1.165) is 38.5 Å². The second kappa shape index (κ2) is 9.62. The van der Waals surface area contributed by atoms with Crippen molar-refractivity contribution in [2.75, 3.05) is 13.2 Å². The zero-order chi connectivity index (χ0) is 18.2. The van der Waals surface area contributed by atoms with Crippen molar-refractivity contribution in [3.05, 3.63) is 42.0 Å². The number of aromatic hydroxyl groups is 1. The SMILES string of the molecule is C=C(C)C(=O)OCCC(CCO)C1CCC(c2ccc(O)cc2)CC1. The molecule has 0 saturated heterocycles. The van der Waals surface area contributed by atoms with Gasteiger partial charge >= 0.3 is 5.97 Å². The quantitative estimate of drug-likeness (QED) is 0.547. The molecule has 1 saturated carbocycles. The number of esters is 1. The van der Waals surface area contributed by atoms with Crippen LogP contribution in [0.25, 0.3) is 0 Å². The highest BCUT2D eigenvalue weighted by molar-refractivity contribution is 5.86. The Morgan fingerprint density at radius 3 is 2.40 bits per heavy atom. The third-order valence-corrected chi connectivity index (χ3v) is 5.37. The molecule has 1 aliphatic carbocycles. The van der Waals surface area contributed by atoms with Gasteiger partial charge in [0.2, 0.25) is 0 Å². The summed E-state index contributed by atoms with van der Waals surface area (Å²) in [5.41, 5.74) is 1.72. The molecule has 0 spiro atoms. The first kappa shape index (κ1) is 19.5. The molecular formula is C21H30O4. The first-order valence-corrected chi connectivity index (χ1v) is 9.23. The summed E-state index contributed by atoms with van der Waals surface area (Å²) in [6.07, 6.45) is 6.08. The van der Waals surface area contributed by atoms with Gasteiger partial charge in [0.25, 0.3) is 0 Å². The zero-order valence-corrected chi connectivity index (χ0v) is 15.1. The number of rotatable bonds is 8. The molecule has 0 aliphatic heterocycles. The number of benzene rings is 1. The summed E-state index contributed by atoms with van der Waals surface area (Å²) in [6, 6.07) is 7.54. The molecule has 0 aromatic heterocycles. The van der Waals surface area contributed by atoms with E-state index in [1.165, 1.54) is 5.56 Å². The van der Waals surface area contributed by atoms with Crippen molar-refractivity contribution in [2.45, 2.75) is 51.4 Å². The molecule has 1 atom stereocenters. The molecule has 2 N–H and O–H groups in total. The van der Waals surface area contributed by atoms with Crippen molar-refractivity contribution in [2.24, 2.45) is 11.8 Å². The summed E-state index contributed by atoms with van der Waals surface area (Å²) in [7, 11) is 0. The van der Waals surface area contributed by atoms with Gasteiger partial charge in [0, 0.05) is 12.2 Å². The smallest absolute Gasteiger partial charge is 0.333 e. The molecule has 2 rings (SSSR count). The van der Waals surface area contributed by atoms with Gasteiger partial charge in [-0.3, -0.25) is 0 Å². The van der Waals surface area contributed by atoms with E-state index in [9.17, 15) is 15.0 Å². The molecule has 138 valence electrons. The minimum absolute atomic E-state index is 0.178. The molecule has 0 heterocycles. The summed E-state index contributed by atoms with van der Waals surface area (Å²) in [4.78, 5) is 11.5. The van der Waals surface area contributed by atoms with E-state index in [-0.39, 0.29) is 12.6 Å². The van der Waals surface area contributed by atoms with Crippen LogP contribution in [0.4, 0.5) is 0 Å². The summed E-state index contributed by atoms with van der Waals surface area (Å²) in [5, 5.41) is 18.8. The monoisotopic (exact) mass is 346 g/mol. The topological polar surface area (TPSA) is 66.8 Å². The Bertz CT molecular complexity index is 556. The summed E-state index contributed by atoms with van der Waals surface area (Å²) in [6.45, 7) is 5.82. The second-order valence-electron chi connectivity index (χ2n) is 7.18. The molecule has 1 aromatic rings. The Labute approximate surface area is 150 Å². The number of phenolic OH excluding ortho intramolecular Hbond substituents is 1. The number of aliphatic hydroxyl groups is 1. The maximum Gasteiger partial charge on any atom is 0.333 e. The maximum atomic E-state index is 11.5. The van der Waals surface area contributed by atoms with E-state index in [2.05, 4.69) is 6.58 Å². The van der Waals surface area contributed by atoms with Crippen molar-refractivity contribution in [3.8, 4) is 5.75 Å². The van der Waals surface area contributed by atoms with Crippen molar-refractivity contribution in [3.63, 3.8) is 0 Å². The molecule has 1 unspecified atom stereocenters. The maximum absolute atomic E-state index is 11.5. The van der Waals surface area contributed by atoms with E-state index in [0.29, 0.717) is 35.7 Å². The van der Waals surface area contributed by atoms with Crippen LogP contribution in [0, 0.1) is 11.8 Å². The molecule has 0 amide bonds. The summed E-state index contributed by atoms with van der Waals surface area (Å²) in [5.74, 6) is 1.49. The zero-order valence-electron chi connectivity index (χ0n) is 15.1. The Hall–Kier alpha value is -1.81. The Kier molecular flexibility index (Phi) is 7.51. The first-order valence-electron chi connectivity index (χ1n) is 9.23. The van der Waals surface area contributed by atoms with Gasteiger partial charge in [0.15, 0.2) is 0 Å². The predicted octanol–water partition coefficient (Wildman–Crippen LogP) is 4.17. The second-order valence-corrected chi connectivity index (χ2v) is 7.18. The van der Waals surface area contributed by atoms with Gasteiger partial charge < -0.3 is 14.9 Å². The number of hydrogen-bond acceptors (Lipinski definition) is 4. The van der Waals surface area contributed by atoms with Crippen LogP contribution in [0.15, 0.2) is 36.4 Å². The van der Waals surface area contributed by atoms with E-state index in [1.807, 2.05) is 12.1 Å². The fourth-order valence-electron chi connectivity index (χ4n) is 3.88. The van der Waals surface area contributed by atoms with Crippen LogP contribution in [0.1, 0.15) is 56.9 Å². The Morgan fingerprint density at radius 1 is 1.20 bits per heavy atom. The molecular weight excluding hydrogens is 316 g/mol. The van der Waals surface area contributed by atoms with Gasteiger partial charge in [-0.2, -0.15) is 0 Å². The fourth-order valence-corrected chi connectivity index (χ4v) is 3.88. The molecule has 1 fully saturated rings. The summed E-state index contributed by atoms with van der Waals surface area (Å²) < 4.78 is 5.23. The van der Waals surface area contributed by atoms with Crippen molar-refractivity contribution >= 4 is 5.97 Å².